The minimum Gasteiger partial charge on any atom is -0.481 e. The number of aliphatic carboxylic acids is 1. The number of hydrogen-bond acceptors (Lipinski definition) is 1. The van der Waals surface area contributed by atoms with E-state index in [1.165, 1.54) is 44.9 Å². The van der Waals surface area contributed by atoms with Gasteiger partial charge < -0.3 is 5.11 Å². The molecule has 15 heavy (non-hydrogen) atoms. The predicted molar refractivity (Wildman–Crippen MR) is 57.5 cm³/mol. The van der Waals surface area contributed by atoms with Crippen molar-refractivity contribution in [3.63, 3.8) is 0 Å². The van der Waals surface area contributed by atoms with Gasteiger partial charge in [0.2, 0.25) is 0 Å². The minimum absolute atomic E-state index is 0.199. The molecular weight excluding hydrogens is 188 g/mol. The maximum atomic E-state index is 11.0. The fourth-order valence-electron chi connectivity index (χ4n) is 4.86. The standard InChI is InChI=1S/C13H20O2/c14-12(15)8-13-3-1-2-10-4-9(6-13)5-11(10)7-13/h9-11H,1-8H2,(H,14,15)/t9-,10-,11?,13-/m0/s1. The van der Waals surface area contributed by atoms with Gasteiger partial charge in [0.1, 0.15) is 0 Å². The van der Waals surface area contributed by atoms with E-state index in [2.05, 4.69) is 0 Å². The summed E-state index contributed by atoms with van der Waals surface area (Å²) in [5.74, 6) is 2.13. The summed E-state index contributed by atoms with van der Waals surface area (Å²) in [6.07, 6.45) is 9.53. The molecule has 0 radical (unpaired) electrons. The van der Waals surface area contributed by atoms with Gasteiger partial charge in [0.05, 0.1) is 6.42 Å². The monoisotopic (exact) mass is 208 g/mol. The van der Waals surface area contributed by atoms with Crippen LogP contribution in [0.1, 0.15) is 51.4 Å². The van der Waals surface area contributed by atoms with E-state index in [1.54, 1.807) is 0 Å². The summed E-state index contributed by atoms with van der Waals surface area (Å²) in [4.78, 5) is 11.0. The van der Waals surface area contributed by atoms with Crippen LogP contribution in [-0.4, -0.2) is 11.1 Å². The third kappa shape index (κ3) is 1.58. The second-order valence-electron chi connectivity index (χ2n) is 6.23. The normalized spacial score (nSPS) is 47.9. The lowest BCUT2D eigenvalue weighted by Gasteiger charge is -2.39. The van der Waals surface area contributed by atoms with E-state index >= 15 is 0 Å². The zero-order valence-corrected chi connectivity index (χ0v) is 9.24. The van der Waals surface area contributed by atoms with Gasteiger partial charge in [-0.3, -0.25) is 4.79 Å². The Balaban J connectivity index is 1.86. The molecule has 3 aliphatic carbocycles. The topological polar surface area (TPSA) is 37.3 Å². The summed E-state index contributed by atoms with van der Waals surface area (Å²) in [7, 11) is 0. The second kappa shape index (κ2) is 3.23. The van der Waals surface area contributed by atoms with E-state index in [-0.39, 0.29) is 5.41 Å². The maximum absolute atomic E-state index is 11.0. The number of fused-ring (bicyclic) bond motifs is 2. The quantitative estimate of drug-likeness (QED) is 0.757. The van der Waals surface area contributed by atoms with Crippen LogP contribution in [0.2, 0.25) is 0 Å². The first-order valence-electron chi connectivity index (χ1n) is 6.39. The van der Waals surface area contributed by atoms with E-state index in [0.29, 0.717) is 6.42 Å². The van der Waals surface area contributed by atoms with E-state index in [4.69, 9.17) is 5.11 Å². The molecule has 3 bridgehead atoms. The van der Waals surface area contributed by atoms with Crippen molar-refractivity contribution in [3.05, 3.63) is 0 Å². The van der Waals surface area contributed by atoms with Crippen molar-refractivity contribution in [1.82, 2.24) is 0 Å². The van der Waals surface area contributed by atoms with Crippen LogP contribution in [0, 0.1) is 23.2 Å². The smallest absolute Gasteiger partial charge is 0.303 e. The molecule has 0 amide bonds. The average molecular weight is 208 g/mol. The molecule has 2 nitrogen and oxygen atoms in total. The average Bonchev–Trinajstić information content (AvgIpc) is 2.33. The van der Waals surface area contributed by atoms with Crippen LogP contribution in [0.25, 0.3) is 0 Å². The summed E-state index contributed by atoms with van der Waals surface area (Å²) in [6.45, 7) is 0. The maximum Gasteiger partial charge on any atom is 0.303 e. The van der Waals surface area contributed by atoms with Gasteiger partial charge in [0.15, 0.2) is 0 Å². The highest BCUT2D eigenvalue weighted by Gasteiger charge is 2.50. The van der Waals surface area contributed by atoms with E-state index in [9.17, 15) is 4.79 Å². The highest BCUT2D eigenvalue weighted by atomic mass is 16.4. The van der Waals surface area contributed by atoms with Gasteiger partial charge in [0, 0.05) is 0 Å². The molecule has 3 rings (SSSR count). The molecule has 0 aliphatic heterocycles. The van der Waals surface area contributed by atoms with Crippen LogP contribution >= 0.6 is 0 Å². The molecule has 1 N–H and O–H groups in total. The summed E-state index contributed by atoms with van der Waals surface area (Å²) < 4.78 is 0. The van der Waals surface area contributed by atoms with Crippen LogP contribution in [0.5, 0.6) is 0 Å². The van der Waals surface area contributed by atoms with Crippen LogP contribution < -0.4 is 0 Å². The molecule has 1 unspecified atom stereocenters. The van der Waals surface area contributed by atoms with Crippen molar-refractivity contribution in [2.24, 2.45) is 23.2 Å². The Hall–Kier alpha value is -0.530. The van der Waals surface area contributed by atoms with Gasteiger partial charge in [-0.05, 0) is 55.3 Å². The second-order valence-corrected chi connectivity index (χ2v) is 6.23. The number of hydrogen-bond donors (Lipinski definition) is 1. The highest BCUT2D eigenvalue weighted by molar-refractivity contribution is 5.67. The summed E-state index contributed by atoms with van der Waals surface area (Å²) in [5.41, 5.74) is 0.199. The fraction of sp³-hybridized carbons (Fsp3) is 0.923. The lowest BCUT2D eigenvalue weighted by molar-refractivity contribution is -0.140. The molecule has 0 aromatic heterocycles. The zero-order valence-electron chi connectivity index (χ0n) is 9.24. The fourth-order valence-corrected chi connectivity index (χ4v) is 4.86. The molecular formula is C13H20O2. The van der Waals surface area contributed by atoms with Crippen LogP contribution in [0.3, 0.4) is 0 Å². The molecule has 0 saturated heterocycles. The molecule has 0 spiro atoms. The summed E-state index contributed by atoms with van der Waals surface area (Å²) in [6, 6.07) is 0. The third-order valence-corrected chi connectivity index (χ3v) is 5.16. The van der Waals surface area contributed by atoms with Crippen molar-refractivity contribution >= 4 is 5.97 Å². The Morgan fingerprint density at radius 1 is 1.27 bits per heavy atom. The first kappa shape index (κ1) is 9.68. The number of rotatable bonds is 2. The number of carboxylic acids is 1. The van der Waals surface area contributed by atoms with E-state index in [1.807, 2.05) is 0 Å². The van der Waals surface area contributed by atoms with Crippen molar-refractivity contribution in [3.8, 4) is 0 Å². The Bertz CT molecular complexity index is 286. The highest BCUT2D eigenvalue weighted by Crippen LogP contribution is 2.59. The lowest BCUT2D eigenvalue weighted by Crippen LogP contribution is -2.31. The van der Waals surface area contributed by atoms with Gasteiger partial charge >= 0.3 is 5.97 Å². The van der Waals surface area contributed by atoms with Crippen molar-refractivity contribution in [2.45, 2.75) is 51.4 Å². The van der Waals surface area contributed by atoms with Crippen LogP contribution in [-0.2, 0) is 4.79 Å². The Morgan fingerprint density at radius 3 is 2.87 bits per heavy atom. The molecule has 0 aromatic rings. The summed E-state index contributed by atoms with van der Waals surface area (Å²) in [5, 5.41) is 9.06. The lowest BCUT2D eigenvalue weighted by atomic mass is 9.66. The van der Waals surface area contributed by atoms with Crippen molar-refractivity contribution in [1.29, 1.82) is 0 Å². The van der Waals surface area contributed by atoms with Gasteiger partial charge in [-0.15, -0.1) is 0 Å². The molecule has 0 heterocycles. The van der Waals surface area contributed by atoms with E-state index in [0.717, 1.165) is 17.8 Å². The van der Waals surface area contributed by atoms with Gasteiger partial charge in [-0.2, -0.15) is 0 Å². The molecule has 4 atom stereocenters. The van der Waals surface area contributed by atoms with Crippen molar-refractivity contribution in [2.75, 3.05) is 0 Å². The SMILES string of the molecule is O=C(O)C[C@]12CCC[C@H]3C[C@@H](CC3C1)C2. The molecule has 2 heteroatoms. The van der Waals surface area contributed by atoms with Crippen LogP contribution in [0.4, 0.5) is 0 Å². The van der Waals surface area contributed by atoms with Crippen molar-refractivity contribution < 1.29 is 9.90 Å². The molecule has 84 valence electrons. The minimum atomic E-state index is -0.574. The molecule has 3 aliphatic rings. The summed E-state index contributed by atoms with van der Waals surface area (Å²) >= 11 is 0. The number of carbonyl (C=O) groups is 1. The Morgan fingerprint density at radius 2 is 2.07 bits per heavy atom. The first-order chi connectivity index (χ1) is 7.17. The molecule has 0 aromatic carbocycles. The van der Waals surface area contributed by atoms with Gasteiger partial charge in [-0.25, -0.2) is 0 Å². The van der Waals surface area contributed by atoms with E-state index < -0.39 is 5.97 Å². The molecule has 3 fully saturated rings. The Labute approximate surface area is 91.1 Å². The van der Waals surface area contributed by atoms with Gasteiger partial charge in [0.25, 0.3) is 0 Å². The first-order valence-corrected chi connectivity index (χ1v) is 6.39. The largest absolute Gasteiger partial charge is 0.481 e. The Kier molecular flexibility index (Phi) is 2.08. The molecule has 3 saturated carbocycles. The van der Waals surface area contributed by atoms with Gasteiger partial charge in [-0.1, -0.05) is 12.8 Å². The number of carboxylic acid groups (broad SMARTS) is 1. The third-order valence-electron chi connectivity index (χ3n) is 5.16. The van der Waals surface area contributed by atoms with Crippen LogP contribution in [0.15, 0.2) is 0 Å². The predicted octanol–water partition coefficient (Wildman–Crippen LogP) is 3.07. The zero-order chi connectivity index (χ0) is 10.5.